The van der Waals surface area contributed by atoms with Crippen LogP contribution in [0.5, 0.6) is 0 Å². The summed E-state index contributed by atoms with van der Waals surface area (Å²) in [5.41, 5.74) is 7.10. The molecule has 0 radical (unpaired) electrons. The number of nitrogens with one attached hydrogen (secondary N) is 4. The van der Waals surface area contributed by atoms with E-state index in [1.165, 1.54) is 0 Å². The summed E-state index contributed by atoms with van der Waals surface area (Å²) < 4.78 is 5.50. The van der Waals surface area contributed by atoms with Crippen LogP contribution < -0.4 is 21.5 Å². The molecule has 24 heavy (non-hydrogen) atoms. The van der Waals surface area contributed by atoms with Gasteiger partial charge >= 0.3 is 0 Å². The van der Waals surface area contributed by atoms with Gasteiger partial charge in [-0.15, -0.1) is 11.6 Å². The summed E-state index contributed by atoms with van der Waals surface area (Å²) in [7, 11) is 0. The van der Waals surface area contributed by atoms with Crippen LogP contribution in [0.2, 0.25) is 0 Å². The molecule has 0 aromatic carbocycles. The monoisotopic (exact) mass is 358 g/mol. The van der Waals surface area contributed by atoms with Crippen molar-refractivity contribution in [2.24, 2.45) is 17.8 Å². The molecule has 3 saturated heterocycles. The second-order valence-electron chi connectivity index (χ2n) is 7.98. The average Bonchev–Trinajstić information content (AvgIpc) is 3.09. The smallest absolute Gasteiger partial charge is 0.0751 e. The van der Waals surface area contributed by atoms with Crippen LogP contribution in [0.3, 0.4) is 0 Å². The fourth-order valence-electron chi connectivity index (χ4n) is 5.16. The first-order chi connectivity index (χ1) is 11.7. The van der Waals surface area contributed by atoms with Crippen molar-refractivity contribution in [1.29, 1.82) is 0 Å². The molecule has 0 aromatic heterocycles. The van der Waals surface area contributed by atoms with Gasteiger partial charge in [-0.05, 0) is 44.6 Å². The third-order valence-corrected chi connectivity index (χ3v) is 6.89. The highest BCUT2D eigenvalue weighted by Gasteiger charge is 2.46. The Morgan fingerprint density at radius 2 is 1.96 bits per heavy atom. The molecular weight excluding hydrogens is 328 g/mol. The zero-order chi connectivity index (χ0) is 16.5. The van der Waals surface area contributed by atoms with Gasteiger partial charge in [0.1, 0.15) is 0 Å². The van der Waals surface area contributed by atoms with Crippen LogP contribution in [0.15, 0.2) is 0 Å². The third kappa shape index (κ3) is 3.61. The fourth-order valence-corrected chi connectivity index (χ4v) is 5.47. The predicted molar refractivity (Wildman–Crippen MR) is 93.7 cm³/mol. The van der Waals surface area contributed by atoms with E-state index in [0.717, 1.165) is 58.4 Å². The largest absolute Gasteiger partial charge is 0.393 e. The summed E-state index contributed by atoms with van der Waals surface area (Å²) in [6.45, 7) is 3.77. The van der Waals surface area contributed by atoms with E-state index in [1.807, 2.05) is 0 Å². The van der Waals surface area contributed by atoms with Crippen LogP contribution in [-0.4, -0.2) is 61.1 Å². The van der Waals surface area contributed by atoms with Gasteiger partial charge in [0.2, 0.25) is 0 Å². The lowest BCUT2D eigenvalue weighted by Gasteiger charge is -2.51. The molecule has 4 aliphatic rings. The van der Waals surface area contributed by atoms with Gasteiger partial charge in [-0.1, -0.05) is 0 Å². The van der Waals surface area contributed by atoms with E-state index in [0.29, 0.717) is 29.8 Å². The highest BCUT2D eigenvalue weighted by atomic mass is 35.5. The Morgan fingerprint density at radius 3 is 2.75 bits per heavy atom. The van der Waals surface area contributed by atoms with Gasteiger partial charge in [-0.3, -0.25) is 10.7 Å². The summed E-state index contributed by atoms with van der Waals surface area (Å²) in [6, 6.07) is 0.773. The standard InChI is InChI=1S/C17H31ClN4O2/c18-10-1-2-13(15(23)7-10)16-12-3-5-19-8-14(12)17(22-21-16)20-11-4-6-24-9-11/h10-17,19-23H,1-9H2/t10?,11-,12?,13?,14?,15?,16?,17?/m1/s1. The number of ether oxygens (including phenoxy) is 1. The van der Waals surface area contributed by atoms with Gasteiger partial charge in [-0.2, -0.15) is 0 Å². The van der Waals surface area contributed by atoms with Gasteiger partial charge in [0.15, 0.2) is 0 Å². The molecule has 7 unspecified atom stereocenters. The molecule has 0 spiro atoms. The lowest BCUT2D eigenvalue weighted by Crippen LogP contribution is -2.71. The quantitative estimate of drug-likeness (QED) is 0.463. The van der Waals surface area contributed by atoms with Crippen molar-refractivity contribution in [3.8, 4) is 0 Å². The molecule has 5 N–H and O–H groups in total. The number of hydrazine groups is 1. The lowest BCUT2D eigenvalue weighted by molar-refractivity contribution is -0.0212. The SMILES string of the molecule is OC1CC(Cl)CCC1C1NNC(N[C@@H]2CCOC2)C2CNCCC21. The molecule has 0 amide bonds. The molecular formula is C17H31ClN4O2. The Labute approximate surface area is 149 Å². The highest BCUT2D eigenvalue weighted by Crippen LogP contribution is 2.38. The van der Waals surface area contributed by atoms with E-state index in [4.69, 9.17) is 16.3 Å². The first-order valence-corrected chi connectivity index (χ1v) is 10.0. The van der Waals surface area contributed by atoms with Crippen molar-refractivity contribution in [1.82, 2.24) is 21.5 Å². The number of halogens is 1. The molecule has 7 heteroatoms. The Balaban J connectivity index is 1.44. The number of hydrogen-bond donors (Lipinski definition) is 5. The van der Waals surface area contributed by atoms with Crippen molar-refractivity contribution in [3.63, 3.8) is 0 Å². The molecule has 4 fully saturated rings. The number of rotatable bonds is 3. The number of piperidine rings is 1. The second-order valence-corrected chi connectivity index (χ2v) is 8.60. The number of aliphatic hydroxyl groups excluding tert-OH is 1. The molecule has 3 heterocycles. The van der Waals surface area contributed by atoms with E-state index in [-0.39, 0.29) is 17.6 Å². The maximum absolute atomic E-state index is 10.6. The molecule has 1 aliphatic carbocycles. The predicted octanol–water partition coefficient (Wildman–Crippen LogP) is 0.162. The van der Waals surface area contributed by atoms with E-state index >= 15 is 0 Å². The second kappa shape index (κ2) is 7.74. The van der Waals surface area contributed by atoms with E-state index < -0.39 is 0 Å². The van der Waals surface area contributed by atoms with E-state index in [9.17, 15) is 5.11 Å². The zero-order valence-corrected chi connectivity index (χ0v) is 15.0. The van der Waals surface area contributed by atoms with Crippen molar-refractivity contribution < 1.29 is 9.84 Å². The van der Waals surface area contributed by atoms with Gasteiger partial charge in [0.25, 0.3) is 0 Å². The minimum atomic E-state index is -0.288. The molecule has 3 aliphatic heterocycles. The lowest BCUT2D eigenvalue weighted by atomic mass is 9.69. The van der Waals surface area contributed by atoms with Crippen LogP contribution in [0.25, 0.3) is 0 Å². The van der Waals surface area contributed by atoms with E-state index in [1.54, 1.807) is 0 Å². The first-order valence-electron chi connectivity index (χ1n) is 9.60. The summed E-state index contributed by atoms with van der Waals surface area (Å²) in [4.78, 5) is 0. The van der Waals surface area contributed by atoms with Crippen molar-refractivity contribution >= 4 is 11.6 Å². The molecule has 138 valence electrons. The van der Waals surface area contributed by atoms with Crippen LogP contribution >= 0.6 is 11.6 Å². The zero-order valence-electron chi connectivity index (χ0n) is 14.2. The number of fused-ring (bicyclic) bond motifs is 1. The van der Waals surface area contributed by atoms with Gasteiger partial charge in [0, 0.05) is 42.4 Å². The number of aliphatic hydroxyl groups is 1. The minimum Gasteiger partial charge on any atom is -0.393 e. The Bertz CT molecular complexity index is 423. The van der Waals surface area contributed by atoms with Gasteiger partial charge < -0.3 is 15.2 Å². The maximum atomic E-state index is 10.6. The Kier molecular flexibility index (Phi) is 5.63. The maximum Gasteiger partial charge on any atom is 0.0751 e. The molecule has 1 saturated carbocycles. The van der Waals surface area contributed by atoms with Gasteiger partial charge in [-0.25, -0.2) is 5.43 Å². The minimum absolute atomic E-state index is 0.133. The normalized spacial score (nSPS) is 49.8. The summed E-state index contributed by atoms with van der Waals surface area (Å²) in [5, 5.41) is 18.0. The molecule has 0 aromatic rings. The Morgan fingerprint density at radius 1 is 1.04 bits per heavy atom. The van der Waals surface area contributed by atoms with E-state index in [2.05, 4.69) is 21.5 Å². The molecule has 8 atom stereocenters. The summed E-state index contributed by atoms with van der Waals surface area (Å²) >= 11 is 6.24. The summed E-state index contributed by atoms with van der Waals surface area (Å²) in [6.07, 6.45) is 4.97. The number of hydrogen-bond acceptors (Lipinski definition) is 6. The average molecular weight is 359 g/mol. The summed E-state index contributed by atoms with van der Waals surface area (Å²) in [5.74, 6) is 1.42. The van der Waals surface area contributed by atoms with Crippen LogP contribution in [0.1, 0.15) is 32.1 Å². The third-order valence-electron chi connectivity index (χ3n) is 6.49. The Hall–Kier alpha value is 0.0500. The highest BCUT2D eigenvalue weighted by molar-refractivity contribution is 6.20. The fraction of sp³-hybridized carbons (Fsp3) is 1.00. The van der Waals surface area contributed by atoms with Crippen molar-refractivity contribution in [2.45, 2.75) is 61.8 Å². The molecule has 4 rings (SSSR count). The van der Waals surface area contributed by atoms with Crippen LogP contribution in [0.4, 0.5) is 0 Å². The van der Waals surface area contributed by atoms with Gasteiger partial charge in [0.05, 0.1) is 18.9 Å². The first kappa shape index (κ1) is 17.5. The number of alkyl halides is 1. The molecule has 6 nitrogen and oxygen atoms in total. The van der Waals surface area contributed by atoms with Crippen LogP contribution in [-0.2, 0) is 4.74 Å². The topological polar surface area (TPSA) is 77.6 Å². The van der Waals surface area contributed by atoms with Crippen molar-refractivity contribution in [2.75, 3.05) is 26.3 Å². The van der Waals surface area contributed by atoms with Crippen molar-refractivity contribution in [3.05, 3.63) is 0 Å². The molecule has 0 bridgehead atoms. The van der Waals surface area contributed by atoms with Crippen LogP contribution in [0, 0.1) is 17.8 Å².